The number of carbonyl (C=O) groups excluding carboxylic acids is 1. The second-order valence-corrected chi connectivity index (χ2v) is 6.50. The van der Waals surface area contributed by atoms with Crippen LogP contribution in [0.5, 0.6) is 0 Å². The predicted molar refractivity (Wildman–Crippen MR) is 69.6 cm³/mol. The molecule has 6 nitrogen and oxygen atoms in total. The molecule has 4 N–H and O–H groups in total. The van der Waals surface area contributed by atoms with E-state index in [4.69, 9.17) is 11.5 Å². The van der Waals surface area contributed by atoms with Gasteiger partial charge in [0.05, 0.1) is 5.56 Å². The van der Waals surface area contributed by atoms with Crippen molar-refractivity contribution in [3.8, 4) is 0 Å². The summed E-state index contributed by atoms with van der Waals surface area (Å²) in [5.41, 5.74) is 6.05. The molecular formula is C11H9F6N3O3S. The Morgan fingerprint density at radius 2 is 1.62 bits per heavy atom. The number of sulfone groups is 1. The zero-order chi connectivity index (χ0) is 19.1. The summed E-state index contributed by atoms with van der Waals surface area (Å²) in [7, 11) is -4.38. The van der Waals surface area contributed by atoms with Gasteiger partial charge in [0.25, 0.3) is 5.91 Å². The standard InChI is InChI=1S/C11H9F6N3O3S/c1-24(22,23)7-2-4(8(21)20-9(18)19)5(3-6(7)12)10(13,14)11(15,16)17/h2-3H,1H3,(H4,18,19,20,21). The van der Waals surface area contributed by atoms with E-state index in [1.165, 1.54) is 0 Å². The maximum Gasteiger partial charge on any atom is 0.458 e. The first-order chi connectivity index (χ1) is 10.6. The van der Waals surface area contributed by atoms with Crippen LogP contribution in [0, 0.1) is 5.82 Å². The van der Waals surface area contributed by atoms with Gasteiger partial charge in [-0.3, -0.25) is 4.79 Å². The van der Waals surface area contributed by atoms with Crippen LogP contribution in [0.25, 0.3) is 0 Å². The first kappa shape index (κ1) is 19.7. The zero-order valence-corrected chi connectivity index (χ0v) is 12.5. The molecule has 13 heteroatoms. The quantitative estimate of drug-likeness (QED) is 0.468. The van der Waals surface area contributed by atoms with Crippen LogP contribution < -0.4 is 11.5 Å². The number of nitrogens with two attached hydrogens (primary N) is 2. The van der Waals surface area contributed by atoms with Crippen molar-refractivity contribution in [2.24, 2.45) is 16.5 Å². The molecule has 1 aromatic carbocycles. The lowest BCUT2D eigenvalue weighted by Gasteiger charge is -2.22. The fourth-order valence-corrected chi connectivity index (χ4v) is 2.35. The van der Waals surface area contributed by atoms with Crippen LogP contribution in [-0.4, -0.2) is 32.7 Å². The summed E-state index contributed by atoms with van der Waals surface area (Å²) in [6.07, 6.45) is -5.72. The van der Waals surface area contributed by atoms with Gasteiger partial charge in [-0.05, 0) is 12.1 Å². The fraction of sp³-hybridized carbons (Fsp3) is 0.273. The molecule has 0 heterocycles. The van der Waals surface area contributed by atoms with E-state index >= 15 is 0 Å². The summed E-state index contributed by atoms with van der Waals surface area (Å²) < 4.78 is 101. The SMILES string of the molecule is CS(=O)(=O)c1cc(C(=O)N=C(N)N)c(C(F)(F)C(F)(F)F)cc1F. The number of benzene rings is 1. The highest BCUT2D eigenvalue weighted by Crippen LogP contribution is 2.46. The van der Waals surface area contributed by atoms with Crippen molar-refractivity contribution in [1.82, 2.24) is 0 Å². The van der Waals surface area contributed by atoms with Gasteiger partial charge in [0, 0.05) is 11.8 Å². The number of nitrogens with zero attached hydrogens (tertiary/aromatic N) is 1. The van der Waals surface area contributed by atoms with E-state index in [1.807, 2.05) is 0 Å². The highest BCUT2D eigenvalue weighted by Gasteiger charge is 2.60. The number of alkyl halides is 5. The lowest BCUT2D eigenvalue weighted by molar-refractivity contribution is -0.289. The number of rotatable bonds is 3. The minimum absolute atomic E-state index is 0.0222. The van der Waals surface area contributed by atoms with E-state index in [9.17, 15) is 39.6 Å². The maximum atomic E-state index is 13.7. The minimum atomic E-state index is -6.18. The van der Waals surface area contributed by atoms with Gasteiger partial charge in [0.1, 0.15) is 10.7 Å². The number of aliphatic imine (C=N–C) groups is 1. The molecule has 0 radical (unpaired) electrons. The van der Waals surface area contributed by atoms with Gasteiger partial charge >= 0.3 is 12.1 Å². The van der Waals surface area contributed by atoms with Crippen LogP contribution in [0.15, 0.2) is 22.0 Å². The summed E-state index contributed by atoms with van der Waals surface area (Å²) in [5.74, 6) is -10.3. The van der Waals surface area contributed by atoms with E-state index in [0.29, 0.717) is 6.26 Å². The van der Waals surface area contributed by atoms with Crippen LogP contribution in [0.4, 0.5) is 26.3 Å². The third-order valence-electron chi connectivity index (χ3n) is 2.63. The lowest BCUT2D eigenvalue weighted by atomic mass is 10.00. The second-order valence-electron chi connectivity index (χ2n) is 4.51. The van der Waals surface area contributed by atoms with E-state index in [-0.39, 0.29) is 12.1 Å². The number of halogens is 6. The molecule has 134 valence electrons. The van der Waals surface area contributed by atoms with Gasteiger partial charge in [-0.2, -0.15) is 26.9 Å². The average molecular weight is 377 g/mol. The molecule has 0 aliphatic carbocycles. The minimum Gasteiger partial charge on any atom is -0.370 e. The second kappa shape index (κ2) is 5.96. The smallest absolute Gasteiger partial charge is 0.370 e. The Hall–Kier alpha value is -2.31. The Bertz CT molecular complexity index is 813. The molecule has 1 rings (SSSR count). The molecule has 0 atom stereocenters. The monoisotopic (exact) mass is 377 g/mol. The normalized spacial score (nSPS) is 12.8. The Balaban J connectivity index is 3.87. The molecule has 0 bridgehead atoms. The van der Waals surface area contributed by atoms with Gasteiger partial charge in [0.2, 0.25) is 0 Å². The molecule has 0 spiro atoms. The van der Waals surface area contributed by atoms with Gasteiger partial charge in [-0.1, -0.05) is 0 Å². The van der Waals surface area contributed by atoms with Crippen LogP contribution in [0.2, 0.25) is 0 Å². The fourth-order valence-electron chi connectivity index (χ4n) is 1.60. The molecule has 1 amide bonds. The van der Waals surface area contributed by atoms with Crippen molar-refractivity contribution in [2.45, 2.75) is 17.0 Å². The molecule has 24 heavy (non-hydrogen) atoms. The van der Waals surface area contributed by atoms with Crippen molar-refractivity contribution >= 4 is 21.7 Å². The van der Waals surface area contributed by atoms with Crippen LogP contribution in [0.1, 0.15) is 15.9 Å². The largest absolute Gasteiger partial charge is 0.458 e. The first-order valence-electron chi connectivity index (χ1n) is 5.71. The van der Waals surface area contributed by atoms with Crippen molar-refractivity contribution in [3.63, 3.8) is 0 Å². The Labute approximate surface area is 131 Å². The van der Waals surface area contributed by atoms with Gasteiger partial charge in [-0.25, -0.2) is 12.8 Å². The summed E-state index contributed by atoms with van der Waals surface area (Å²) in [4.78, 5) is 13.2. The van der Waals surface area contributed by atoms with Gasteiger partial charge in [-0.15, -0.1) is 0 Å². The average Bonchev–Trinajstić information content (AvgIpc) is 2.34. The summed E-state index contributed by atoms with van der Waals surface area (Å²) >= 11 is 0. The van der Waals surface area contributed by atoms with Crippen molar-refractivity contribution in [2.75, 3.05) is 6.26 Å². The third-order valence-corrected chi connectivity index (χ3v) is 3.74. The van der Waals surface area contributed by atoms with Crippen molar-refractivity contribution in [1.29, 1.82) is 0 Å². The van der Waals surface area contributed by atoms with E-state index in [0.717, 1.165) is 0 Å². The molecule has 0 unspecified atom stereocenters. The van der Waals surface area contributed by atoms with Crippen molar-refractivity contribution in [3.05, 3.63) is 29.1 Å². The highest BCUT2D eigenvalue weighted by molar-refractivity contribution is 7.90. The van der Waals surface area contributed by atoms with E-state index in [2.05, 4.69) is 4.99 Å². The summed E-state index contributed by atoms with van der Waals surface area (Å²) in [5, 5.41) is 0. The summed E-state index contributed by atoms with van der Waals surface area (Å²) in [6, 6.07) is -0.367. The maximum absolute atomic E-state index is 13.7. The number of guanidine groups is 1. The number of amides is 1. The molecule has 0 aliphatic heterocycles. The van der Waals surface area contributed by atoms with Crippen LogP contribution in [0.3, 0.4) is 0 Å². The third kappa shape index (κ3) is 3.77. The molecule has 0 aliphatic rings. The van der Waals surface area contributed by atoms with Crippen LogP contribution >= 0.6 is 0 Å². The number of carbonyl (C=O) groups is 1. The number of hydrogen-bond donors (Lipinski definition) is 2. The predicted octanol–water partition coefficient (Wildman–Crippen LogP) is 1.30. The van der Waals surface area contributed by atoms with Gasteiger partial charge in [0.15, 0.2) is 15.8 Å². The topological polar surface area (TPSA) is 116 Å². The molecule has 0 aromatic heterocycles. The lowest BCUT2D eigenvalue weighted by Crippen LogP contribution is -2.35. The molecule has 1 aromatic rings. The van der Waals surface area contributed by atoms with E-state index < -0.39 is 55.6 Å². The Morgan fingerprint density at radius 3 is 2.00 bits per heavy atom. The number of hydrogen-bond acceptors (Lipinski definition) is 3. The van der Waals surface area contributed by atoms with E-state index in [1.54, 1.807) is 0 Å². The van der Waals surface area contributed by atoms with Gasteiger partial charge < -0.3 is 11.5 Å². The Morgan fingerprint density at radius 1 is 1.12 bits per heavy atom. The first-order valence-corrected chi connectivity index (χ1v) is 7.60. The molecule has 0 fully saturated rings. The summed E-state index contributed by atoms with van der Waals surface area (Å²) in [6.45, 7) is 0. The highest BCUT2D eigenvalue weighted by atomic mass is 32.2. The molecule has 0 saturated carbocycles. The molecule has 0 saturated heterocycles. The van der Waals surface area contributed by atoms with Crippen molar-refractivity contribution < 1.29 is 39.6 Å². The molecular weight excluding hydrogens is 368 g/mol. The Kier molecular flexibility index (Phi) is 4.90. The zero-order valence-electron chi connectivity index (χ0n) is 11.7. The van der Waals surface area contributed by atoms with Crippen LogP contribution in [-0.2, 0) is 15.8 Å².